The molecule has 5 heteroatoms. The van der Waals surface area contributed by atoms with Crippen LogP contribution in [0.4, 0.5) is 4.79 Å². The first-order valence-corrected chi connectivity index (χ1v) is 6.85. The Hall–Kier alpha value is -2.04. The topological polar surface area (TPSA) is 78.4 Å². The number of rotatable bonds is 6. The van der Waals surface area contributed by atoms with Gasteiger partial charge in [0, 0.05) is 6.54 Å². The average Bonchev–Trinajstić information content (AvgIpc) is 3.24. The van der Waals surface area contributed by atoms with Crippen LogP contribution in [0.25, 0.3) is 0 Å². The minimum Gasteiger partial charge on any atom is -0.480 e. The van der Waals surface area contributed by atoms with Gasteiger partial charge in [0.15, 0.2) is 0 Å². The van der Waals surface area contributed by atoms with Gasteiger partial charge in [0.2, 0.25) is 0 Å². The summed E-state index contributed by atoms with van der Waals surface area (Å²) >= 11 is 0. The van der Waals surface area contributed by atoms with Crippen molar-refractivity contribution in [2.45, 2.75) is 31.7 Å². The molecule has 0 spiro atoms. The molecule has 0 bridgehead atoms. The molecule has 0 aromatic heterocycles. The molecule has 108 valence electrons. The molecule has 1 atom stereocenters. The predicted octanol–water partition coefficient (Wildman–Crippen LogP) is 1.78. The van der Waals surface area contributed by atoms with E-state index in [0.717, 1.165) is 24.8 Å². The third kappa shape index (κ3) is 3.50. The molecule has 1 aliphatic carbocycles. The molecule has 0 saturated heterocycles. The zero-order valence-electron chi connectivity index (χ0n) is 11.6. The minimum absolute atomic E-state index is 0.0415. The van der Waals surface area contributed by atoms with E-state index in [-0.39, 0.29) is 5.92 Å². The van der Waals surface area contributed by atoms with Crippen molar-refractivity contribution in [3.8, 4) is 0 Å². The van der Waals surface area contributed by atoms with Crippen molar-refractivity contribution in [2.75, 3.05) is 6.54 Å². The number of hydrogen-bond acceptors (Lipinski definition) is 2. The highest BCUT2D eigenvalue weighted by molar-refractivity contribution is 5.86. The average molecular weight is 276 g/mol. The molecular formula is C15H20N2O3. The Morgan fingerprint density at radius 1 is 1.30 bits per heavy atom. The number of carboxylic acid groups (broad SMARTS) is 1. The molecule has 1 aromatic rings. The molecule has 20 heavy (non-hydrogen) atoms. The van der Waals surface area contributed by atoms with Gasteiger partial charge < -0.3 is 15.7 Å². The summed E-state index contributed by atoms with van der Waals surface area (Å²) in [5.41, 5.74) is -0.0207. The summed E-state index contributed by atoms with van der Waals surface area (Å²) in [7, 11) is 0. The Balaban J connectivity index is 1.79. The van der Waals surface area contributed by atoms with Crippen LogP contribution in [0.2, 0.25) is 0 Å². The Bertz CT molecular complexity index is 485. The lowest BCUT2D eigenvalue weighted by atomic mass is 9.96. The molecule has 1 aliphatic rings. The zero-order valence-corrected chi connectivity index (χ0v) is 11.6. The van der Waals surface area contributed by atoms with Crippen LogP contribution in [0.3, 0.4) is 0 Å². The van der Waals surface area contributed by atoms with Gasteiger partial charge in [0.05, 0.1) is 0 Å². The van der Waals surface area contributed by atoms with Crippen LogP contribution in [0.1, 0.15) is 25.3 Å². The Kier molecular flexibility index (Phi) is 4.27. The van der Waals surface area contributed by atoms with Crippen molar-refractivity contribution in [1.29, 1.82) is 0 Å². The van der Waals surface area contributed by atoms with Crippen molar-refractivity contribution in [3.63, 3.8) is 0 Å². The molecule has 3 N–H and O–H groups in total. The van der Waals surface area contributed by atoms with E-state index in [9.17, 15) is 14.7 Å². The second-order valence-electron chi connectivity index (χ2n) is 5.40. The number of amides is 2. The molecular weight excluding hydrogens is 256 g/mol. The summed E-state index contributed by atoms with van der Waals surface area (Å²) in [6, 6.07) is 9.40. The number of carboxylic acids is 1. The van der Waals surface area contributed by atoms with Crippen molar-refractivity contribution in [3.05, 3.63) is 35.9 Å². The van der Waals surface area contributed by atoms with E-state index >= 15 is 0 Å². The largest absolute Gasteiger partial charge is 0.480 e. The van der Waals surface area contributed by atoms with Crippen molar-refractivity contribution in [2.24, 2.45) is 5.92 Å². The summed E-state index contributed by atoms with van der Waals surface area (Å²) in [6.45, 7) is 2.06. The second kappa shape index (κ2) is 5.94. The molecule has 0 radical (unpaired) electrons. The van der Waals surface area contributed by atoms with Gasteiger partial charge in [-0.2, -0.15) is 0 Å². The first-order chi connectivity index (χ1) is 9.52. The fourth-order valence-electron chi connectivity index (χ4n) is 2.24. The molecule has 2 amide bonds. The normalized spacial score (nSPS) is 17.1. The van der Waals surface area contributed by atoms with Crippen molar-refractivity contribution < 1.29 is 14.7 Å². The fourth-order valence-corrected chi connectivity index (χ4v) is 2.24. The number of carbonyl (C=O) groups is 2. The molecule has 0 aliphatic heterocycles. The van der Waals surface area contributed by atoms with Crippen molar-refractivity contribution in [1.82, 2.24) is 10.6 Å². The Morgan fingerprint density at radius 2 is 1.95 bits per heavy atom. The number of benzene rings is 1. The molecule has 1 fully saturated rings. The lowest BCUT2D eigenvalue weighted by molar-refractivity contribution is -0.144. The highest BCUT2D eigenvalue weighted by Crippen LogP contribution is 2.39. The third-order valence-corrected chi connectivity index (χ3v) is 3.75. The molecule has 1 saturated carbocycles. The van der Waals surface area contributed by atoms with E-state index in [1.807, 2.05) is 30.3 Å². The third-order valence-electron chi connectivity index (χ3n) is 3.75. The van der Waals surface area contributed by atoms with Gasteiger partial charge in [-0.1, -0.05) is 30.3 Å². The summed E-state index contributed by atoms with van der Waals surface area (Å²) in [6.07, 6.45) is 2.43. The maximum Gasteiger partial charge on any atom is 0.329 e. The van der Waals surface area contributed by atoms with E-state index in [1.54, 1.807) is 6.92 Å². The summed E-state index contributed by atoms with van der Waals surface area (Å²) in [5.74, 6) is -0.932. The molecule has 0 heterocycles. The van der Waals surface area contributed by atoms with Gasteiger partial charge in [-0.25, -0.2) is 9.59 Å². The van der Waals surface area contributed by atoms with Crippen LogP contribution >= 0.6 is 0 Å². The monoisotopic (exact) mass is 276 g/mol. The Labute approximate surface area is 118 Å². The van der Waals surface area contributed by atoms with Crippen molar-refractivity contribution >= 4 is 12.0 Å². The summed E-state index contributed by atoms with van der Waals surface area (Å²) < 4.78 is 0. The Morgan fingerprint density at radius 3 is 2.50 bits per heavy atom. The first-order valence-electron chi connectivity index (χ1n) is 6.85. The van der Waals surface area contributed by atoms with Crippen LogP contribution in [0.15, 0.2) is 30.3 Å². The van der Waals surface area contributed by atoms with Gasteiger partial charge in [-0.15, -0.1) is 0 Å². The second-order valence-corrected chi connectivity index (χ2v) is 5.40. The summed E-state index contributed by atoms with van der Waals surface area (Å²) in [4.78, 5) is 23.1. The standard InChI is InChI=1S/C15H20N2O3/c1-15(13(18)19,12-7-8-12)17-14(20)16-10-9-11-5-3-2-4-6-11/h2-6,12H,7-10H2,1H3,(H,18,19)(H2,16,17,20). The van der Waals surface area contributed by atoms with E-state index in [0.29, 0.717) is 6.54 Å². The maximum absolute atomic E-state index is 11.8. The van der Waals surface area contributed by atoms with Gasteiger partial charge in [0.25, 0.3) is 0 Å². The van der Waals surface area contributed by atoms with Crippen LogP contribution in [-0.2, 0) is 11.2 Å². The SMILES string of the molecule is CC(NC(=O)NCCc1ccccc1)(C(=O)O)C1CC1. The van der Waals surface area contributed by atoms with Crippen LogP contribution in [0, 0.1) is 5.92 Å². The lowest BCUT2D eigenvalue weighted by Crippen LogP contribution is -2.56. The predicted molar refractivity (Wildman–Crippen MR) is 75.4 cm³/mol. The van der Waals surface area contributed by atoms with Crippen LogP contribution < -0.4 is 10.6 Å². The number of urea groups is 1. The van der Waals surface area contributed by atoms with E-state index in [1.165, 1.54) is 0 Å². The van der Waals surface area contributed by atoms with E-state index < -0.39 is 17.5 Å². The van der Waals surface area contributed by atoms with Crippen LogP contribution in [0.5, 0.6) is 0 Å². The van der Waals surface area contributed by atoms with Gasteiger partial charge in [-0.05, 0) is 37.7 Å². The highest BCUT2D eigenvalue weighted by atomic mass is 16.4. The van der Waals surface area contributed by atoms with Gasteiger partial charge >= 0.3 is 12.0 Å². The number of carbonyl (C=O) groups excluding carboxylic acids is 1. The van der Waals surface area contributed by atoms with Gasteiger partial charge in [0.1, 0.15) is 5.54 Å². The first kappa shape index (κ1) is 14.4. The van der Waals surface area contributed by atoms with E-state index in [4.69, 9.17) is 0 Å². The minimum atomic E-state index is -1.16. The molecule has 1 aromatic carbocycles. The van der Waals surface area contributed by atoms with Crippen LogP contribution in [-0.4, -0.2) is 29.2 Å². The quantitative estimate of drug-likeness (QED) is 0.741. The molecule has 2 rings (SSSR count). The fraction of sp³-hybridized carbons (Fsp3) is 0.467. The zero-order chi connectivity index (χ0) is 14.6. The smallest absolute Gasteiger partial charge is 0.329 e. The highest BCUT2D eigenvalue weighted by Gasteiger charge is 2.48. The van der Waals surface area contributed by atoms with E-state index in [2.05, 4.69) is 10.6 Å². The summed E-state index contributed by atoms with van der Waals surface area (Å²) in [5, 5.41) is 14.6. The number of nitrogens with one attached hydrogen (secondary N) is 2. The lowest BCUT2D eigenvalue weighted by Gasteiger charge is -2.26. The molecule has 1 unspecified atom stereocenters. The van der Waals surface area contributed by atoms with Gasteiger partial charge in [-0.3, -0.25) is 0 Å². The number of aliphatic carboxylic acids is 1. The number of hydrogen-bond donors (Lipinski definition) is 3. The maximum atomic E-state index is 11.8. The molecule has 5 nitrogen and oxygen atoms in total.